The summed E-state index contributed by atoms with van der Waals surface area (Å²) in [7, 11) is 4.04. The number of unbranched alkanes of at least 4 members (excludes halogenated alkanes) is 2. The van der Waals surface area contributed by atoms with E-state index in [0.717, 1.165) is 12.6 Å². The maximum absolute atomic E-state index is 5.02. The van der Waals surface area contributed by atoms with E-state index in [1.54, 1.807) is 7.11 Å². The average Bonchev–Trinajstić information content (AvgIpc) is 2.52. The van der Waals surface area contributed by atoms with Gasteiger partial charge in [0, 0.05) is 19.8 Å². The van der Waals surface area contributed by atoms with Gasteiger partial charge in [0.2, 0.25) is 0 Å². The second-order valence-corrected chi connectivity index (χ2v) is 4.12. The third-order valence-corrected chi connectivity index (χ3v) is 3.06. The van der Waals surface area contributed by atoms with E-state index in [-0.39, 0.29) is 0 Å². The summed E-state index contributed by atoms with van der Waals surface area (Å²) in [6.45, 7) is 2.24. The van der Waals surface area contributed by atoms with Gasteiger partial charge in [-0.3, -0.25) is 0 Å². The monoisotopic (exact) mass is 185 g/mol. The molecule has 1 fully saturated rings. The Morgan fingerprint density at radius 2 is 2.15 bits per heavy atom. The van der Waals surface area contributed by atoms with Crippen LogP contribution in [0.15, 0.2) is 0 Å². The summed E-state index contributed by atoms with van der Waals surface area (Å²) >= 11 is 0. The smallest absolute Gasteiger partial charge is 0.0462 e. The van der Waals surface area contributed by atoms with Crippen molar-refractivity contribution in [2.24, 2.45) is 0 Å². The van der Waals surface area contributed by atoms with Gasteiger partial charge in [-0.25, -0.2) is 0 Å². The first-order valence-corrected chi connectivity index (χ1v) is 5.54. The van der Waals surface area contributed by atoms with E-state index in [2.05, 4.69) is 11.9 Å². The Kier molecular flexibility index (Phi) is 5.40. The highest BCUT2D eigenvalue weighted by molar-refractivity contribution is 4.75. The molecule has 2 nitrogen and oxygen atoms in total. The van der Waals surface area contributed by atoms with E-state index in [9.17, 15) is 0 Å². The van der Waals surface area contributed by atoms with Gasteiger partial charge < -0.3 is 9.64 Å². The van der Waals surface area contributed by atoms with E-state index < -0.39 is 0 Å². The normalized spacial score (nSPS) is 24.0. The van der Waals surface area contributed by atoms with Gasteiger partial charge in [0.1, 0.15) is 0 Å². The molecule has 0 amide bonds. The first kappa shape index (κ1) is 11.0. The van der Waals surface area contributed by atoms with Gasteiger partial charge in [-0.05, 0) is 39.3 Å². The summed E-state index contributed by atoms with van der Waals surface area (Å²) < 4.78 is 5.02. The molecule has 1 rings (SSSR count). The molecular formula is C11H23NO. The Labute approximate surface area is 82.3 Å². The minimum atomic E-state index is 0.877. The molecule has 0 bridgehead atoms. The zero-order valence-corrected chi connectivity index (χ0v) is 9.09. The van der Waals surface area contributed by atoms with Crippen molar-refractivity contribution >= 4 is 0 Å². The quantitative estimate of drug-likeness (QED) is 0.589. The summed E-state index contributed by atoms with van der Waals surface area (Å²) in [5.41, 5.74) is 0. The van der Waals surface area contributed by atoms with Crippen LogP contribution in [0.3, 0.4) is 0 Å². The van der Waals surface area contributed by atoms with E-state index >= 15 is 0 Å². The van der Waals surface area contributed by atoms with Crippen LogP contribution in [0.4, 0.5) is 0 Å². The molecule has 1 saturated heterocycles. The third kappa shape index (κ3) is 4.10. The fraction of sp³-hybridized carbons (Fsp3) is 1.00. The van der Waals surface area contributed by atoms with Crippen molar-refractivity contribution in [3.8, 4) is 0 Å². The van der Waals surface area contributed by atoms with Gasteiger partial charge in [-0.15, -0.1) is 0 Å². The van der Waals surface area contributed by atoms with Gasteiger partial charge in [-0.1, -0.05) is 12.8 Å². The largest absolute Gasteiger partial charge is 0.385 e. The van der Waals surface area contributed by atoms with E-state index in [1.807, 2.05) is 0 Å². The molecule has 1 unspecified atom stereocenters. The molecule has 0 radical (unpaired) electrons. The highest BCUT2D eigenvalue weighted by atomic mass is 16.5. The molecule has 0 spiro atoms. The van der Waals surface area contributed by atoms with Crippen LogP contribution in [0.2, 0.25) is 0 Å². The third-order valence-electron chi connectivity index (χ3n) is 3.06. The topological polar surface area (TPSA) is 12.5 Å². The number of hydrogen-bond acceptors (Lipinski definition) is 2. The zero-order chi connectivity index (χ0) is 9.52. The fourth-order valence-electron chi connectivity index (χ4n) is 2.15. The SMILES string of the molecule is COCCCCCC1CCCN1C. The summed E-state index contributed by atoms with van der Waals surface area (Å²) in [5, 5.41) is 0. The van der Waals surface area contributed by atoms with Gasteiger partial charge >= 0.3 is 0 Å². The molecule has 1 heterocycles. The highest BCUT2D eigenvalue weighted by Gasteiger charge is 2.19. The van der Waals surface area contributed by atoms with Crippen molar-refractivity contribution in [3.05, 3.63) is 0 Å². The maximum atomic E-state index is 5.02. The summed E-state index contributed by atoms with van der Waals surface area (Å²) in [6, 6.07) is 0.877. The molecule has 13 heavy (non-hydrogen) atoms. The average molecular weight is 185 g/mol. The van der Waals surface area contributed by atoms with Crippen molar-refractivity contribution < 1.29 is 4.74 Å². The second-order valence-electron chi connectivity index (χ2n) is 4.12. The van der Waals surface area contributed by atoms with Crippen molar-refractivity contribution in [1.82, 2.24) is 4.90 Å². The molecule has 1 atom stereocenters. The number of nitrogens with zero attached hydrogens (tertiary/aromatic N) is 1. The van der Waals surface area contributed by atoms with Crippen LogP contribution < -0.4 is 0 Å². The molecular weight excluding hydrogens is 162 g/mol. The Balaban J connectivity index is 1.93. The summed E-state index contributed by atoms with van der Waals surface area (Å²) in [5.74, 6) is 0. The standard InChI is InChI=1S/C11H23NO/c1-12-9-6-8-11(12)7-4-3-5-10-13-2/h11H,3-10H2,1-2H3. The molecule has 0 aromatic heterocycles. The molecule has 0 aromatic rings. The predicted octanol–water partition coefficient (Wildman–Crippen LogP) is 2.29. The molecule has 0 saturated carbocycles. The van der Waals surface area contributed by atoms with Gasteiger partial charge in [0.15, 0.2) is 0 Å². The number of ether oxygens (including phenoxy) is 1. The van der Waals surface area contributed by atoms with Crippen LogP contribution in [0.25, 0.3) is 0 Å². The van der Waals surface area contributed by atoms with Crippen molar-refractivity contribution in [1.29, 1.82) is 0 Å². The highest BCUT2D eigenvalue weighted by Crippen LogP contribution is 2.20. The minimum Gasteiger partial charge on any atom is -0.385 e. The number of methoxy groups -OCH3 is 1. The number of likely N-dealkylation sites (tertiary alicyclic amines) is 1. The Morgan fingerprint density at radius 3 is 2.77 bits per heavy atom. The van der Waals surface area contributed by atoms with Gasteiger partial charge in [-0.2, -0.15) is 0 Å². The molecule has 2 heteroatoms. The van der Waals surface area contributed by atoms with Crippen molar-refractivity contribution in [2.45, 2.75) is 44.6 Å². The number of rotatable bonds is 6. The molecule has 1 aliphatic heterocycles. The zero-order valence-electron chi connectivity index (χ0n) is 9.09. The van der Waals surface area contributed by atoms with Crippen molar-refractivity contribution in [2.75, 3.05) is 27.3 Å². The first-order chi connectivity index (χ1) is 6.34. The Bertz CT molecular complexity index is 127. The first-order valence-electron chi connectivity index (χ1n) is 5.54. The van der Waals surface area contributed by atoms with Crippen LogP contribution >= 0.6 is 0 Å². The van der Waals surface area contributed by atoms with Crippen LogP contribution in [0, 0.1) is 0 Å². The molecule has 1 aliphatic rings. The van der Waals surface area contributed by atoms with Crippen molar-refractivity contribution in [3.63, 3.8) is 0 Å². The minimum absolute atomic E-state index is 0.877. The lowest BCUT2D eigenvalue weighted by Gasteiger charge is -2.18. The molecule has 0 N–H and O–H groups in total. The second kappa shape index (κ2) is 6.39. The van der Waals surface area contributed by atoms with Gasteiger partial charge in [0.25, 0.3) is 0 Å². The number of hydrogen-bond donors (Lipinski definition) is 0. The molecule has 0 aromatic carbocycles. The maximum Gasteiger partial charge on any atom is 0.0462 e. The summed E-state index contributed by atoms with van der Waals surface area (Å²) in [6.07, 6.45) is 8.14. The van der Waals surface area contributed by atoms with Crippen LogP contribution in [0.5, 0.6) is 0 Å². The Hall–Kier alpha value is -0.0800. The van der Waals surface area contributed by atoms with E-state index in [4.69, 9.17) is 4.74 Å². The van der Waals surface area contributed by atoms with Crippen LogP contribution in [-0.2, 0) is 4.74 Å². The van der Waals surface area contributed by atoms with Crippen LogP contribution in [-0.4, -0.2) is 38.3 Å². The fourth-order valence-corrected chi connectivity index (χ4v) is 2.15. The van der Waals surface area contributed by atoms with Crippen LogP contribution in [0.1, 0.15) is 38.5 Å². The summed E-state index contributed by atoms with van der Waals surface area (Å²) in [4.78, 5) is 2.51. The predicted molar refractivity (Wildman–Crippen MR) is 56.0 cm³/mol. The lowest BCUT2D eigenvalue weighted by atomic mass is 10.1. The van der Waals surface area contributed by atoms with E-state index in [0.29, 0.717) is 0 Å². The Morgan fingerprint density at radius 1 is 1.31 bits per heavy atom. The molecule has 0 aliphatic carbocycles. The lowest BCUT2D eigenvalue weighted by molar-refractivity contribution is 0.190. The van der Waals surface area contributed by atoms with E-state index in [1.165, 1.54) is 45.1 Å². The molecule has 78 valence electrons. The van der Waals surface area contributed by atoms with Gasteiger partial charge in [0.05, 0.1) is 0 Å². The lowest BCUT2D eigenvalue weighted by Crippen LogP contribution is -2.24.